The zero-order valence-electron chi connectivity index (χ0n) is 19.4. The topological polar surface area (TPSA) is 133 Å². The van der Waals surface area contributed by atoms with E-state index in [1.54, 1.807) is 12.2 Å². The number of nitrogens with one attached hydrogen (secondary N) is 2. The van der Waals surface area contributed by atoms with E-state index in [1.165, 1.54) is 0 Å². The first-order valence-corrected chi connectivity index (χ1v) is 13.9. The summed E-state index contributed by atoms with van der Waals surface area (Å²) in [6.07, 6.45) is 3.58. The highest BCUT2D eigenvalue weighted by atomic mass is 32.2. The van der Waals surface area contributed by atoms with Crippen LogP contribution in [-0.2, 0) is 20.2 Å². The van der Waals surface area contributed by atoms with Gasteiger partial charge in [0.1, 0.15) is 11.5 Å². The van der Waals surface area contributed by atoms with Crippen LogP contribution in [0.4, 0.5) is 11.4 Å². The second kappa shape index (κ2) is 7.94. The van der Waals surface area contributed by atoms with Crippen LogP contribution >= 0.6 is 0 Å². The van der Waals surface area contributed by atoms with E-state index in [0.717, 1.165) is 22.5 Å². The van der Waals surface area contributed by atoms with Crippen molar-refractivity contribution >= 4 is 42.8 Å². The Bertz CT molecular complexity index is 1340. The van der Waals surface area contributed by atoms with Gasteiger partial charge in [-0.25, -0.2) is 0 Å². The Kier molecular flexibility index (Phi) is 5.72. The number of hydrogen-bond acceptors (Lipinski definition) is 6. The van der Waals surface area contributed by atoms with Gasteiger partial charge in [-0.15, -0.1) is 0 Å². The molecule has 0 saturated carbocycles. The molecule has 0 aliphatic carbocycles. The third-order valence-corrected chi connectivity index (χ3v) is 7.08. The van der Waals surface area contributed by atoms with Gasteiger partial charge in [0.25, 0.3) is 20.2 Å². The molecule has 0 spiro atoms. The van der Waals surface area contributed by atoms with E-state index in [1.807, 2.05) is 64.1 Å². The third-order valence-electron chi connectivity index (χ3n) is 5.72. The molecule has 0 saturated heterocycles. The van der Waals surface area contributed by atoms with E-state index in [9.17, 15) is 25.9 Å². The van der Waals surface area contributed by atoms with E-state index >= 15 is 0 Å². The fraction of sp³-hybridized carbons (Fsp3) is 0.333. The van der Waals surface area contributed by atoms with Gasteiger partial charge in [0.05, 0.1) is 11.1 Å². The molecule has 182 valence electrons. The number of fused-ring (bicyclic) bond motifs is 2. The number of anilines is 2. The van der Waals surface area contributed by atoms with Gasteiger partial charge >= 0.3 is 0 Å². The average molecular weight is 505 g/mol. The summed E-state index contributed by atoms with van der Waals surface area (Å²) in [5.74, 6) is -1.00. The minimum Gasteiger partial charge on any atom is -0.376 e. The maximum atomic E-state index is 11.6. The predicted octanol–water partition coefficient (Wildman–Crippen LogP) is 4.30. The first-order valence-electron chi connectivity index (χ1n) is 10.7. The summed E-state index contributed by atoms with van der Waals surface area (Å²) >= 11 is 0. The fourth-order valence-corrected chi connectivity index (χ4v) is 5.89. The second-order valence-electron chi connectivity index (χ2n) is 10.0. The molecule has 4 rings (SSSR count). The van der Waals surface area contributed by atoms with Crippen molar-refractivity contribution in [2.75, 3.05) is 22.1 Å². The van der Waals surface area contributed by atoms with E-state index in [4.69, 9.17) is 0 Å². The Morgan fingerprint density at radius 2 is 1.03 bits per heavy atom. The van der Waals surface area contributed by atoms with Gasteiger partial charge in [0.15, 0.2) is 0 Å². The summed E-state index contributed by atoms with van der Waals surface area (Å²) in [7, 11) is -8.47. The summed E-state index contributed by atoms with van der Waals surface area (Å²) in [6.45, 7) is 7.65. The van der Waals surface area contributed by atoms with Crippen LogP contribution in [0.2, 0.25) is 0 Å². The van der Waals surface area contributed by atoms with Gasteiger partial charge in [-0.3, -0.25) is 9.11 Å². The number of rotatable bonds is 5. The first kappa shape index (κ1) is 24.5. The van der Waals surface area contributed by atoms with Gasteiger partial charge < -0.3 is 10.6 Å². The molecule has 4 N–H and O–H groups in total. The van der Waals surface area contributed by atoms with Crippen molar-refractivity contribution in [1.82, 2.24) is 0 Å². The molecule has 8 nitrogen and oxygen atoms in total. The van der Waals surface area contributed by atoms with Gasteiger partial charge in [-0.1, -0.05) is 24.3 Å². The number of benzene rings is 2. The van der Waals surface area contributed by atoms with E-state index in [-0.39, 0.29) is 0 Å². The highest BCUT2D eigenvalue weighted by Crippen LogP contribution is 2.40. The molecular weight excluding hydrogens is 476 g/mol. The molecular formula is C24H28N2O6S2. The normalized spacial score (nSPS) is 18.5. The monoisotopic (exact) mass is 504 g/mol. The van der Waals surface area contributed by atoms with Crippen LogP contribution in [0.5, 0.6) is 0 Å². The molecule has 10 heteroatoms. The summed E-state index contributed by atoms with van der Waals surface area (Å²) in [5, 5.41) is 6.71. The van der Waals surface area contributed by atoms with Gasteiger partial charge in [0, 0.05) is 22.5 Å². The third kappa shape index (κ3) is 5.52. The first-order chi connectivity index (χ1) is 15.5. The van der Waals surface area contributed by atoms with Crippen molar-refractivity contribution in [3.63, 3.8) is 0 Å². The van der Waals surface area contributed by atoms with Crippen molar-refractivity contribution in [3.8, 4) is 11.1 Å². The highest BCUT2D eigenvalue weighted by molar-refractivity contribution is 7.86. The van der Waals surface area contributed by atoms with Crippen LogP contribution in [0.15, 0.2) is 48.6 Å². The molecule has 0 aromatic heterocycles. The Hall–Kier alpha value is -2.66. The highest BCUT2D eigenvalue weighted by Gasteiger charge is 2.29. The van der Waals surface area contributed by atoms with Crippen LogP contribution in [0.3, 0.4) is 0 Å². The second-order valence-corrected chi connectivity index (χ2v) is 12.9. The van der Waals surface area contributed by atoms with E-state index in [2.05, 4.69) is 10.6 Å². The maximum absolute atomic E-state index is 11.6. The lowest BCUT2D eigenvalue weighted by atomic mass is 9.87. The summed E-state index contributed by atoms with van der Waals surface area (Å²) in [5.41, 5.74) is 4.43. The quantitative estimate of drug-likeness (QED) is 0.443. The van der Waals surface area contributed by atoms with Crippen LogP contribution in [0.25, 0.3) is 22.3 Å². The van der Waals surface area contributed by atoms with Gasteiger partial charge in [0.2, 0.25) is 0 Å². The summed E-state index contributed by atoms with van der Waals surface area (Å²) in [4.78, 5) is 0. The molecule has 2 aliphatic heterocycles. The van der Waals surface area contributed by atoms with Crippen molar-refractivity contribution in [2.24, 2.45) is 0 Å². The fourth-order valence-electron chi connectivity index (χ4n) is 4.62. The lowest BCUT2D eigenvalue weighted by molar-refractivity contribution is 0.485. The summed E-state index contributed by atoms with van der Waals surface area (Å²) < 4.78 is 65.6. The average Bonchev–Trinajstić information content (AvgIpc) is 2.63. The largest absolute Gasteiger partial charge is 0.376 e. The smallest absolute Gasteiger partial charge is 0.269 e. The Labute approximate surface area is 200 Å². The van der Waals surface area contributed by atoms with Gasteiger partial charge in [-0.05, 0) is 74.2 Å². The molecule has 2 heterocycles. The summed E-state index contributed by atoms with van der Waals surface area (Å²) in [6, 6.07) is 11.2. The molecule has 0 atom stereocenters. The van der Waals surface area contributed by atoms with Crippen molar-refractivity contribution in [2.45, 2.75) is 38.8 Å². The number of hydrogen-bond donors (Lipinski definition) is 4. The van der Waals surface area contributed by atoms with Crippen molar-refractivity contribution in [1.29, 1.82) is 0 Å². The van der Waals surface area contributed by atoms with E-state index < -0.39 is 42.8 Å². The zero-order chi connectivity index (χ0) is 25.1. The van der Waals surface area contributed by atoms with Crippen molar-refractivity contribution in [3.05, 3.63) is 59.7 Å². The zero-order valence-corrected chi connectivity index (χ0v) is 21.0. The standard InChI is InChI=1S/C24H28N2O6S2/c1-23(2)11-17(13-33(27,28)29)19-9-15(5-7-21(19)25-23)16-6-8-22-20(10-16)18(14-34(30,31)32)12-24(3,4)26-22/h5-12,25-26H,13-14H2,1-4H3,(H,27,28,29)(H,30,31,32). The minimum atomic E-state index is -4.23. The minimum absolute atomic E-state index is 0.492. The van der Waals surface area contributed by atoms with Crippen LogP contribution < -0.4 is 10.6 Å². The molecule has 0 amide bonds. The van der Waals surface area contributed by atoms with Crippen LogP contribution in [0, 0.1) is 0 Å². The molecule has 2 aliphatic rings. The molecule has 0 fully saturated rings. The lowest BCUT2D eigenvalue weighted by Crippen LogP contribution is -2.33. The Morgan fingerprint density at radius 1 is 0.676 bits per heavy atom. The van der Waals surface area contributed by atoms with Gasteiger partial charge in [-0.2, -0.15) is 16.8 Å². The molecule has 2 aromatic carbocycles. The van der Waals surface area contributed by atoms with Crippen LogP contribution in [-0.4, -0.2) is 48.5 Å². The SMILES string of the molecule is CC1(C)C=C(CS(=O)(=O)O)c2cc(-c3ccc4c(c3)C(CS(=O)(=O)O)=CC(C)(C)N4)ccc2N1. The Morgan fingerprint density at radius 3 is 1.35 bits per heavy atom. The van der Waals surface area contributed by atoms with E-state index in [0.29, 0.717) is 22.3 Å². The maximum Gasteiger partial charge on any atom is 0.269 e. The molecule has 0 radical (unpaired) electrons. The van der Waals surface area contributed by atoms with Crippen LogP contribution in [0.1, 0.15) is 38.8 Å². The molecule has 0 bridgehead atoms. The van der Waals surface area contributed by atoms with Crippen molar-refractivity contribution < 1.29 is 25.9 Å². The predicted molar refractivity (Wildman–Crippen MR) is 136 cm³/mol. The lowest BCUT2D eigenvalue weighted by Gasteiger charge is -2.33. The molecule has 0 unspecified atom stereocenters. The Balaban J connectivity index is 1.81. The molecule has 2 aromatic rings. The molecule has 34 heavy (non-hydrogen) atoms.